The lowest BCUT2D eigenvalue weighted by molar-refractivity contribution is 0.0697. The molecular formula is C12H12N4O3S. The van der Waals surface area contributed by atoms with Gasteiger partial charge in [-0.25, -0.2) is 4.79 Å². The molecule has 0 atom stereocenters. The van der Waals surface area contributed by atoms with Gasteiger partial charge in [0.05, 0.1) is 23.1 Å². The minimum atomic E-state index is -1.07. The summed E-state index contributed by atoms with van der Waals surface area (Å²) in [7, 11) is 0. The van der Waals surface area contributed by atoms with Crippen molar-refractivity contribution in [3.05, 3.63) is 34.8 Å². The van der Waals surface area contributed by atoms with Gasteiger partial charge in [-0.05, 0) is 36.7 Å². The van der Waals surface area contributed by atoms with E-state index in [-0.39, 0.29) is 17.2 Å². The first-order valence-corrected chi connectivity index (χ1v) is 6.54. The quantitative estimate of drug-likeness (QED) is 0.826. The van der Waals surface area contributed by atoms with Crippen LogP contribution in [0.25, 0.3) is 0 Å². The number of nitrogens with two attached hydrogens (primary N) is 1. The van der Waals surface area contributed by atoms with Crippen LogP contribution in [0.1, 0.15) is 27.0 Å². The molecule has 0 saturated heterocycles. The molecule has 0 aliphatic rings. The van der Waals surface area contributed by atoms with Crippen molar-refractivity contribution in [3.8, 4) is 0 Å². The highest BCUT2D eigenvalue weighted by atomic mass is 32.1. The van der Waals surface area contributed by atoms with Crippen molar-refractivity contribution >= 4 is 34.8 Å². The summed E-state index contributed by atoms with van der Waals surface area (Å²) in [4.78, 5) is 25.0. The van der Waals surface area contributed by atoms with E-state index in [9.17, 15) is 9.59 Å². The molecule has 0 bridgehead atoms. The molecule has 0 fully saturated rings. The monoisotopic (exact) mass is 292 g/mol. The maximum Gasteiger partial charge on any atom is 0.335 e. The minimum absolute atomic E-state index is 0.0780. The van der Waals surface area contributed by atoms with Crippen LogP contribution in [-0.2, 0) is 0 Å². The topological polar surface area (TPSA) is 109 Å². The SMILES string of the molecule is CCN(C(=O)c1cnns1)c1ccc(C(=O)O)cc1N. The number of carbonyl (C=O) groups is 2. The summed E-state index contributed by atoms with van der Waals surface area (Å²) in [5, 5.41) is 12.5. The fraction of sp³-hybridized carbons (Fsp3) is 0.167. The van der Waals surface area contributed by atoms with Crippen molar-refractivity contribution in [2.75, 3.05) is 17.2 Å². The van der Waals surface area contributed by atoms with Gasteiger partial charge in [-0.15, -0.1) is 5.10 Å². The molecule has 0 unspecified atom stereocenters. The lowest BCUT2D eigenvalue weighted by Crippen LogP contribution is -2.30. The predicted molar refractivity (Wildman–Crippen MR) is 75.1 cm³/mol. The summed E-state index contributed by atoms with van der Waals surface area (Å²) < 4.78 is 3.65. The van der Waals surface area contributed by atoms with Crippen molar-refractivity contribution in [1.82, 2.24) is 9.59 Å². The van der Waals surface area contributed by atoms with Crippen molar-refractivity contribution in [2.24, 2.45) is 0 Å². The molecular weight excluding hydrogens is 280 g/mol. The van der Waals surface area contributed by atoms with Crippen molar-refractivity contribution < 1.29 is 14.7 Å². The largest absolute Gasteiger partial charge is 0.478 e. The van der Waals surface area contributed by atoms with Crippen LogP contribution in [0.2, 0.25) is 0 Å². The second-order valence-corrected chi connectivity index (χ2v) is 4.70. The van der Waals surface area contributed by atoms with Gasteiger partial charge in [0.15, 0.2) is 0 Å². The Morgan fingerprint density at radius 2 is 2.20 bits per heavy atom. The molecule has 0 spiro atoms. The molecule has 0 aliphatic carbocycles. The van der Waals surface area contributed by atoms with Crippen LogP contribution in [0.15, 0.2) is 24.4 Å². The molecule has 0 saturated carbocycles. The Morgan fingerprint density at radius 3 is 2.70 bits per heavy atom. The standard InChI is InChI=1S/C12H12N4O3S/c1-2-16(11(17)10-6-14-15-20-10)9-4-3-7(12(18)19)5-8(9)13/h3-6H,2,13H2,1H3,(H,18,19). The third kappa shape index (κ3) is 2.59. The Kier molecular flexibility index (Phi) is 3.94. The Balaban J connectivity index is 2.37. The number of hydrogen-bond acceptors (Lipinski definition) is 6. The highest BCUT2D eigenvalue weighted by Gasteiger charge is 2.20. The van der Waals surface area contributed by atoms with Crippen LogP contribution >= 0.6 is 11.5 Å². The summed E-state index contributed by atoms with van der Waals surface area (Å²) >= 11 is 0.996. The van der Waals surface area contributed by atoms with Gasteiger partial charge < -0.3 is 15.7 Å². The molecule has 1 amide bonds. The highest BCUT2D eigenvalue weighted by molar-refractivity contribution is 7.07. The molecule has 3 N–H and O–H groups in total. The molecule has 2 rings (SSSR count). The molecule has 7 nitrogen and oxygen atoms in total. The molecule has 8 heteroatoms. The molecule has 1 heterocycles. The first-order valence-electron chi connectivity index (χ1n) is 5.76. The van der Waals surface area contributed by atoms with Crippen LogP contribution in [0, 0.1) is 0 Å². The normalized spacial score (nSPS) is 10.2. The fourth-order valence-electron chi connectivity index (χ4n) is 1.75. The Morgan fingerprint density at radius 1 is 1.45 bits per heavy atom. The van der Waals surface area contributed by atoms with E-state index >= 15 is 0 Å². The fourth-order valence-corrected chi connectivity index (χ4v) is 2.22. The summed E-state index contributed by atoms with van der Waals surface area (Å²) in [5.41, 5.74) is 6.62. The second kappa shape index (κ2) is 5.66. The number of carboxylic acids is 1. The van der Waals surface area contributed by atoms with Crippen molar-refractivity contribution in [1.29, 1.82) is 0 Å². The first-order chi connectivity index (χ1) is 9.54. The van der Waals surface area contributed by atoms with E-state index in [0.717, 1.165) is 11.5 Å². The Hall–Kier alpha value is -2.48. The number of amides is 1. The smallest absolute Gasteiger partial charge is 0.335 e. The Bertz CT molecular complexity index is 642. The number of hydrogen-bond donors (Lipinski definition) is 2. The summed E-state index contributed by atoms with van der Waals surface area (Å²) in [5.74, 6) is -1.33. The highest BCUT2D eigenvalue weighted by Crippen LogP contribution is 2.26. The van der Waals surface area contributed by atoms with Gasteiger partial charge in [-0.1, -0.05) is 4.49 Å². The van der Waals surface area contributed by atoms with E-state index < -0.39 is 5.97 Å². The number of nitrogens with zero attached hydrogens (tertiary/aromatic N) is 3. The lowest BCUT2D eigenvalue weighted by Gasteiger charge is -2.21. The summed E-state index contributed by atoms with van der Waals surface area (Å²) in [6.07, 6.45) is 1.39. The van der Waals surface area contributed by atoms with Gasteiger partial charge in [0.2, 0.25) is 0 Å². The van der Waals surface area contributed by atoms with Crippen LogP contribution in [-0.4, -0.2) is 33.1 Å². The van der Waals surface area contributed by atoms with E-state index in [4.69, 9.17) is 10.8 Å². The third-order valence-electron chi connectivity index (χ3n) is 2.70. The van der Waals surface area contributed by atoms with Gasteiger partial charge in [0.25, 0.3) is 5.91 Å². The van der Waals surface area contributed by atoms with E-state index in [2.05, 4.69) is 9.59 Å². The third-order valence-corrected chi connectivity index (χ3v) is 3.35. The molecule has 0 radical (unpaired) electrons. The zero-order valence-corrected chi connectivity index (χ0v) is 11.4. The number of benzene rings is 1. The average molecular weight is 292 g/mol. The number of nitrogen functional groups attached to an aromatic ring is 1. The van der Waals surface area contributed by atoms with Crippen LogP contribution < -0.4 is 10.6 Å². The van der Waals surface area contributed by atoms with E-state index in [1.54, 1.807) is 6.92 Å². The van der Waals surface area contributed by atoms with Crippen molar-refractivity contribution in [2.45, 2.75) is 6.92 Å². The number of rotatable bonds is 4. The molecule has 20 heavy (non-hydrogen) atoms. The molecule has 1 aromatic carbocycles. The molecule has 1 aromatic heterocycles. The maximum atomic E-state index is 12.3. The molecule has 0 aliphatic heterocycles. The predicted octanol–water partition coefficient (Wildman–Crippen LogP) is 1.49. The summed E-state index contributed by atoms with van der Waals surface area (Å²) in [6.45, 7) is 2.20. The lowest BCUT2D eigenvalue weighted by atomic mass is 10.1. The van der Waals surface area contributed by atoms with Gasteiger partial charge in [-0.2, -0.15) is 0 Å². The van der Waals surface area contributed by atoms with E-state index in [0.29, 0.717) is 17.1 Å². The molecule has 104 valence electrons. The van der Waals surface area contributed by atoms with Crippen molar-refractivity contribution in [3.63, 3.8) is 0 Å². The van der Waals surface area contributed by atoms with Crippen LogP contribution in [0.4, 0.5) is 11.4 Å². The number of anilines is 2. The first kappa shape index (κ1) is 13.9. The zero-order chi connectivity index (χ0) is 14.7. The number of aromatic carboxylic acids is 1. The second-order valence-electron chi connectivity index (χ2n) is 3.91. The zero-order valence-electron chi connectivity index (χ0n) is 10.6. The summed E-state index contributed by atoms with van der Waals surface area (Å²) in [6, 6.07) is 4.27. The van der Waals surface area contributed by atoms with Gasteiger partial charge in [0.1, 0.15) is 4.88 Å². The number of carbonyl (C=O) groups excluding carboxylic acids is 1. The van der Waals surface area contributed by atoms with Gasteiger partial charge in [-0.3, -0.25) is 4.79 Å². The van der Waals surface area contributed by atoms with Crippen LogP contribution in [0.3, 0.4) is 0 Å². The number of carboxylic acid groups (broad SMARTS) is 1. The maximum absolute atomic E-state index is 12.3. The Labute approximate surface area is 118 Å². The van der Waals surface area contributed by atoms with Gasteiger partial charge >= 0.3 is 5.97 Å². The van der Waals surface area contributed by atoms with E-state index in [1.807, 2.05) is 0 Å². The molecule has 2 aromatic rings. The minimum Gasteiger partial charge on any atom is -0.478 e. The van der Waals surface area contributed by atoms with E-state index in [1.165, 1.54) is 29.3 Å². The number of aromatic nitrogens is 2. The van der Waals surface area contributed by atoms with Crippen LogP contribution in [0.5, 0.6) is 0 Å². The average Bonchev–Trinajstić information content (AvgIpc) is 2.94. The van der Waals surface area contributed by atoms with Gasteiger partial charge in [0, 0.05) is 6.54 Å².